The number of benzene rings is 1. The molecule has 62 heavy (non-hydrogen) atoms. The van der Waals surface area contributed by atoms with Gasteiger partial charge in [-0.25, -0.2) is 9.55 Å². The van der Waals surface area contributed by atoms with Gasteiger partial charge in [-0.2, -0.15) is 4.98 Å². The van der Waals surface area contributed by atoms with Crippen molar-refractivity contribution in [3.63, 3.8) is 0 Å². The Labute approximate surface area is 352 Å². The normalized spacial score (nSPS) is 27.0. The van der Waals surface area contributed by atoms with Crippen LogP contribution < -0.4 is 41.7 Å². The molecule has 2 aliphatic heterocycles. The third kappa shape index (κ3) is 9.83. The maximum Gasteiger partial charge on any atom is 0.313 e. The Bertz CT molecular complexity index is 2720. The van der Waals surface area contributed by atoms with Gasteiger partial charge in [0.25, 0.3) is 32.7 Å². The SMILES string of the molecule is [B-]P(=O)(OP(=O)([O-])OC[C@H]1O[C@@H](n2cnc3c(=O)[nH]c(N)nc32)[C@H](O)[C@@H]1O)OP(=O)([O-])OC[C@H]1O[C@@H]([n+]2cn(CCOc3ccc(Cl)cc3)c3c(=O)[nH]c(N)nc32)[C@H](OC)[C@@H]1O. The number of phosphoric acid groups is 2. The van der Waals surface area contributed by atoms with E-state index in [4.69, 9.17) is 54.1 Å². The molecule has 28 nitrogen and oxygen atoms in total. The number of ether oxygens (including phenoxy) is 4. The quantitative estimate of drug-likeness (QED) is 0.0281. The van der Waals surface area contributed by atoms with Crippen molar-refractivity contribution in [2.24, 2.45) is 0 Å². The van der Waals surface area contributed by atoms with E-state index >= 15 is 0 Å². The Morgan fingerprint density at radius 3 is 2.19 bits per heavy atom. The molecule has 1 aromatic carbocycles. The van der Waals surface area contributed by atoms with Crippen molar-refractivity contribution in [3.05, 3.63) is 62.7 Å². The van der Waals surface area contributed by atoms with E-state index in [1.54, 1.807) is 24.3 Å². The zero-order valence-electron chi connectivity index (χ0n) is 31.5. The Kier molecular flexibility index (Phi) is 13.2. The minimum atomic E-state index is -5.87. The monoisotopic (exact) mass is 949 g/mol. The molecule has 4 aromatic heterocycles. The second kappa shape index (κ2) is 17.8. The number of H-pyrrole nitrogens is 2. The van der Waals surface area contributed by atoms with Crippen LogP contribution in [0.1, 0.15) is 12.5 Å². The van der Waals surface area contributed by atoms with Crippen molar-refractivity contribution >= 4 is 76.5 Å². The predicted molar refractivity (Wildman–Crippen MR) is 204 cm³/mol. The first-order valence-electron chi connectivity index (χ1n) is 17.7. The highest BCUT2D eigenvalue weighted by atomic mass is 35.5. The first-order valence-corrected chi connectivity index (χ1v) is 22.6. The lowest BCUT2D eigenvalue weighted by Crippen LogP contribution is -2.47. The number of hydrogen-bond acceptors (Lipinski definition) is 23. The molecule has 0 bridgehead atoms. The third-order valence-corrected chi connectivity index (χ3v) is 13.9. The number of phosphoric ester groups is 2. The molecule has 11 atom stereocenters. The zero-order chi connectivity index (χ0) is 44.9. The minimum Gasteiger partial charge on any atom is -0.756 e. The molecule has 0 aliphatic carbocycles. The average molecular weight is 950 g/mol. The number of hydrogen-bond donors (Lipinski definition) is 7. The van der Waals surface area contributed by atoms with Crippen molar-refractivity contribution in [1.82, 2.24) is 34.1 Å². The summed E-state index contributed by atoms with van der Waals surface area (Å²) in [6, 6.07) is 6.54. The summed E-state index contributed by atoms with van der Waals surface area (Å²) < 4.78 is 82.2. The van der Waals surface area contributed by atoms with E-state index in [-0.39, 0.29) is 47.4 Å². The van der Waals surface area contributed by atoms with Crippen molar-refractivity contribution in [2.45, 2.75) is 55.6 Å². The molecule has 5 aromatic rings. The van der Waals surface area contributed by atoms with Crippen molar-refractivity contribution in [1.29, 1.82) is 0 Å². The number of aromatic nitrogens is 8. The molecular weight excluding hydrogens is 916 g/mol. The molecule has 9 N–H and O–H groups in total. The fourth-order valence-electron chi connectivity index (χ4n) is 6.55. The van der Waals surface area contributed by atoms with Crippen LogP contribution in [0.3, 0.4) is 0 Å². The van der Waals surface area contributed by atoms with Gasteiger partial charge in [-0.3, -0.25) is 46.4 Å². The first-order chi connectivity index (χ1) is 29.2. The number of nitrogens with two attached hydrogens (primary N) is 2. The number of halogens is 1. The van der Waals surface area contributed by atoms with Crippen molar-refractivity contribution in [3.8, 4) is 5.75 Å². The molecule has 3 unspecified atom stereocenters. The number of nitrogen functional groups attached to an aromatic ring is 2. The number of rotatable bonds is 17. The summed E-state index contributed by atoms with van der Waals surface area (Å²) in [4.78, 5) is 67.1. The van der Waals surface area contributed by atoms with E-state index in [1.807, 2.05) is 0 Å². The van der Waals surface area contributed by atoms with Crippen LogP contribution >= 0.6 is 34.7 Å². The van der Waals surface area contributed by atoms with Gasteiger partial charge in [0.05, 0.1) is 27.0 Å². The largest absolute Gasteiger partial charge is 0.756 e. The van der Waals surface area contributed by atoms with E-state index < -0.39 is 96.5 Å². The summed E-state index contributed by atoms with van der Waals surface area (Å²) >= 11 is 5.93. The number of nitrogens with one attached hydrogen (secondary N) is 2. The van der Waals surface area contributed by atoms with Crippen LogP contribution in [-0.2, 0) is 52.1 Å². The highest BCUT2D eigenvalue weighted by Crippen LogP contribution is 2.65. The molecule has 0 saturated carbocycles. The van der Waals surface area contributed by atoms with E-state index in [9.17, 15) is 48.4 Å². The maximum absolute atomic E-state index is 13.0. The average Bonchev–Trinajstić information content (AvgIpc) is 3.92. The molecule has 7 rings (SSSR count). The highest BCUT2D eigenvalue weighted by Gasteiger charge is 2.49. The topological polar surface area (TPSA) is 402 Å². The van der Waals surface area contributed by atoms with Crippen molar-refractivity contribution < 1.29 is 80.0 Å². The number of fused-ring (bicyclic) bond motifs is 2. The van der Waals surface area contributed by atoms with Gasteiger partial charge in [-0.15, -0.1) is 0 Å². The van der Waals surface area contributed by atoms with E-state index in [0.717, 1.165) is 10.9 Å². The summed E-state index contributed by atoms with van der Waals surface area (Å²) in [6.07, 6.45) is -10.1. The van der Waals surface area contributed by atoms with Crippen LogP contribution in [0.25, 0.3) is 22.3 Å². The first kappa shape index (κ1) is 45.9. The fourth-order valence-corrected chi connectivity index (χ4v) is 10.3. The Hall–Kier alpha value is -4.12. The van der Waals surface area contributed by atoms with Crippen LogP contribution in [-0.4, -0.2) is 120 Å². The molecule has 0 spiro atoms. The van der Waals surface area contributed by atoms with Crippen molar-refractivity contribution in [2.75, 3.05) is 38.4 Å². The Morgan fingerprint density at radius 2 is 1.55 bits per heavy atom. The smallest absolute Gasteiger partial charge is 0.313 e. The maximum atomic E-state index is 13.0. The minimum absolute atomic E-state index is 0.0154. The number of aromatic amines is 2. The molecule has 33 heteroatoms. The molecule has 2 aliphatic rings. The van der Waals surface area contributed by atoms with E-state index in [0.29, 0.717) is 10.8 Å². The highest BCUT2D eigenvalue weighted by molar-refractivity contribution is 7.86. The van der Waals surface area contributed by atoms with Crippen LogP contribution in [0.4, 0.5) is 11.9 Å². The van der Waals surface area contributed by atoms with Crippen LogP contribution in [0.2, 0.25) is 5.02 Å². The molecule has 3 radical (unpaired) electrons. The molecule has 2 saturated heterocycles. The number of aliphatic hydroxyl groups excluding tert-OH is 3. The van der Waals surface area contributed by atoms with Gasteiger partial charge < -0.3 is 76.7 Å². The van der Waals surface area contributed by atoms with Gasteiger partial charge in [-0.1, -0.05) is 16.6 Å². The number of anilines is 2. The van der Waals surface area contributed by atoms with Crippen LogP contribution in [0.15, 0.2) is 46.5 Å². The summed E-state index contributed by atoms with van der Waals surface area (Å²) in [5.74, 6) is -0.0930. The zero-order valence-corrected chi connectivity index (χ0v) is 35.0. The van der Waals surface area contributed by atoms with Gasteiger partial charge in [0.1, 0.15) is 55.5 Å². The summed E-state index contributed by atoms with van der Waals surface area (Å²) in [5.41, 5.74) is 9.65. The molecule has 335 valence electrons. The second-order valence-corrected chi connectivity index (χ2v) is 18.5. The van der Waals surface area contributed by atoms with Crippen LogP contribution in [0.5, 0.6) is 5.75 Å². The lowest BCUT2D eigenvalue weighted by molar-refractivity contribution is -0.746. The lowest BCUT2D eigenvalue weighted by atomic mass is 10.1. The lowest BCUT2D eigenvalue weighted by Gasteiger charge is -2.37. The standard InChI is InChI=1S/C29H35BClN10O18P3/c1-52-21-19(43)15(57-27(21)41-11-39(17-23(41)36-29(33)38-25(17)46)6-7-53-13-4-2-12(31)3-5-13)9-55-62(50,51)59-60(30,47)58-61(48,49)54-8-14-18(42)20(44)26(56-14)40-10-34-16-22(40)35-28(32)37-24(16)45/h2-5,10-11,14-15,18-21,26-27,42-44H,6-9H2,1H3,(H7-,32,33,35,36,37,38,45,46,48,49,50,51)/q-1/p-1/t14-,15-,18-,19-,20-,21-,26-,27-,60?/m1/s1. The molecule has 2 fully saturated rings. The van der Waals surface area contributed by atoms with Gasteiger partial charge in [0.15, 0.2) is 23.7 Å². The van der Waals surface area contributed by atoms with Gasteiger partial charge in [-0.05, 0) is 24.3 Å². The predicted octanol–water partition coefficient (Wildman–Crippen LogP) is -2.79. The summed E-state index contributed by atoms with van der Waals surface area (Å²) in [6.45, 7) is -2.03. The molecular formula is C29H34BClN10O18P3-2. The third-order valence-electron chi connectivity index (χ3n) is 9.25. The number of methoxy groups -OCH3 is 1. The Balaban J connectivity index is 0.966. The Morgan fingerprint density at radius 1 is 0.935 bits per heavy atom. The molecule has 6 heterocycles. The van der Waals surface area contributed by atoms with Gasteiger partial charge in [0.2, 0.25) is 17.7 Å². The van der Waals surface area contributed by atoms with Gasteiger partial charge >= 0.3 is 5.65 Å². The van der Waals surface area contributed by atoms with E-state index in [1.165, 1.54) is 22.6 Å². The number of nitrogens with zero attached hydrogens (tertiary/aromatic N) is 6. The summed E-state index contributed by atoms with van der Waals surface area (Å²) in [7, 11) is -10.9. The fraction of sp³-hybridized carbons (Fsp3) is 0.448. The number of imidazole rings is 2. The van der Waals surface area contributed by atoms with E-state index in [2.05, 4.69) is 38.1 Å². The molecule has 0 amide bonds. The van der Waals surface area contributed by atoms with Gasteiger partial charge in [0, 0.05) is 12.1 Å². The summed E-state index contributed by atoms with van der Waals surface area (Å²) in [5, 5.41) is 32.7. The number of aliphatic hydroxyl groups is 3. The van der Waals surface area contributed by atoms with Crippen LogP contribution in [0, 0.1) is 0 Å². The second-order valence-electron chi connectivity index (χ2n) is 13.4.